The highest BCUT2D eigenvalue weighted by Crippen LogP contribution is 2.43. The molecule has 212 valence electrons. The number of carbonyl (C=O) groups excluding carboxylic acids is 3. The lowest BCUT2D eigenvalue weighted by Gasteiger charge is -2.44. The molecule has 1 aromatic carbocycles. The van der Waals surface area contributed by atoms with E-state index in [9.17, 15) is 27.6 Å². The summed E-state index contributed by atoms with van der Waals surface area (Å²) in [6, 6.07) is 5.05. The van der Waals surface area contributed by atoms with Crippen LogP contribution in [-0.4, -0.2) is 59.5 Å². The topological polar surface area (TPSA) is 81.8 Å². The van der Waals surface area contributed by atoms with E-state index in [1.807, 2.05) is 12.1 Å². The molecule has 3 saturated carbocycles. The Kier molecular flexibility index (Phi) is 7.10. The summed E-state index contributed by atoms with van der Waals surface area (Å²) < 4.78 is 39.7. The number of nitrogens with zero attached hydrogens (tertiary/aromatic N) is 2. The van der Waals surface area contributed by atoms with E-state index in [1.165, 1.54) is 12.8 Å². The first-order chi connectivity index (χ1) is 18.7. The predicted octanol–water partition coefficient (Wildman–Crippen LogP) is 4.30. The van der Waals surface area contributed by atoms with Crippen molar-refractivity contribution >= 4 is 23.4 Å². The second-order valence-corrected chi connectivity index (χ2v) is 12.1. The maximum atomic E-state index is 13.4. The minimum absolute atomic E-state index is 0.104. The molecule has 3 atom stereocenters. The Morgan fingerprint density at radius 1 is 0.974 bits per heavy atom. The maximum absolute atomic E-state index is 13.4. The van der Waals surface area contributed by atoms with Gasteiger partial charge in [-0.15, -0.1) is 0 Å². The summed E-state index contributed by atoms with van der Waals surface area (Å²) in [4.78, 5) is 41.6. The molecule has 5 aliphatic rings. The Morgan fingerprint density at radius 2 is 1.74 bits per heavy atom. The molecule has 0 aromatic heterocycles. The van der Waals surface area contributed by atoms with Gasteiger partial charge in [0.1, 0.15) is 6.04 Å². The van der Waals surface area contributed by atoms with Gasteiger partial charge in [-0.3, -0.25) is 19.7 Å². The van der Waals surface area contributed by atoms with Crippen molar-refractivity contribution in [3.8, 4) is 0 Å². The van der Waals surface area contributed by atoms with Gasteiger partial charge in [0.2, 0.25) is 11.8 Å². The number of halogens is 3. The average molecular weight is 547 g/mol. The van der Waals surface area contributed by atoms with Crippen molar-refractivity contribution in [2.45, 2.75) is 108 Å². The molecule has 2 heterocycles. The van der Waals surface area contributed by atoms with Crippen molar-refractivity contribution in [1.29, 1.82) is 0 Å². The van der Waals surface area contributed by atoms with E-state index in [0.717, 1.165) is 55.8 Å². The van der Waals surface area contributed by atoms with Crippen LogP contribution in [0.15, 0.2) is 18.2 Å². The van der Waals surface area contributed by atoms with Crippen molar-refractivity contribution < 1.29 is 27.6 Å². The summed E-state index contributed by atoms with van der Waals surface area (Å²) in [6.45, 7) is 1.23. The molecule has 0 bridgehead atoms. The Morgan fingerprint density at radius 3 is 2.38 bits per heavy atom. The van der Waals surface area contributed by atoms with Crippen LogP contribution >= 0.6 is 0 Å². The smallest absolute Gasteiger partial charge is 0.368 e. The lowest BCUT2D eigenvalue weighted by Crippen LogP contribution is -2.55. The summed E-state index contributed by atoms with van der Waals surface area (Å²) in [7, 11) is 0. The summed E-state index contributed by atoms with van der Waals surface area (Å²) >= 11 is 0. The van der Waals surface area contributed by atoms with Gasteiger partial charge in [0.05, 0.1) is 5.92 Å². The first-order valence-corrected chi connectivity index (χ1v) is 14.5. The number of nitrogens with one attached hydrogen (secondary N) is 2. The van der Waals surface area contributed by atoms with Gasteiger partial charge in [-0.25, -0.2) is 0 Å². The molecule has 0 spiro atoms. The first-order valence-electron chi connectivity index (χ1n) is 14.5. The highest BCUT2D eigenvalue weighted by molar-refractivity contribution is 6.06. The van der Waals surface area contributed by atoms with Gasteiger partial charge >= 0.3 is 6.18 Å². The molecular weight excluding hydrogens is 509 g/mol. The highest BCUT2D eigenvalue weighted by Gasteiger charge is 2.50. The van der Waals surface area contributed by atoms with E-state index in [1.54, 1.807) is 4.90 Å². The van der Waals surface area contributed by atoms with Crippen molar-refractivity contribution in [2.24, 2.45) is 11.8 Å². The minimum atomic E-state index is -4.13. The fourth-order valence-corrected chi connectivity index (χ4v) is 7.01. The summed E-state index contributed by atoms with van der Waals surface area (Å²) in [6.07, 6.45) is 4.27. The van der Waals surface area contributed by atoms with Crippen LogP contribution in [0.1, 0.15) is 86.6 Å². The van der Waals surface area contributed by atoms with Crippen molar-refractivity contribution in [3.63, 3.8) is 0 Å². The van der Waals surface area contributed by atoms with E-state index in [2.05, 4.69) is 21.6 Å². The standard InChI is InChI=1S/C29H37F3N4O3/c30-29(31,32)22-10-11-23(22)33-18-6-8-19(9-7-18)35(15-14-17-4-5-17)24-3-1-2-20-21(24)16-36(28(20)39)25-12-13-26(37)34-27(25)38/h1-3,17-19,22-23,25,33H,4-16H2,(H,34,37,38)/t18?,19?,22-,23-,25?/m0/s1. The monoisotopic (exact) mass is 546 g/mol. The van der Waals surface area contributed by atoms with Crippen LogP contribution in [0.4, 0.5) is 18.9 Å². The third kappa shape index (κ3) is 5.41. The summed E-state index contributed by atoms with van der Waals surface area (Å²) in [5.74, 6) is -1.37. The zero-order chi connectivity index (χ0) is 27.3. The lowest BCUT2D eigenvalue weighted by atomic mass is 9.77. The SMILES string of the molecule is O=C1CCC(N2Cc3c(cccc3N(CCC3CC3)C3CCC(N[C@H]4CC[C@@H]4C(F)(F)F)CC3)C2=O)C(=O)N1. The quantitative estimate of drug-likeness (QED) is 0.476. The van der Waals surface area contributed by atoms with Crippen LogP contribution in [0, 0.1) is 11.8 Å². The molecule has 10 heteroatoms. The normalized spacial score (nSPS) is 31.1. The average Bonchev–Trinajstić information content (AvgIpc) is 3.64. The largest absolute Gasteiger partial charge is 0.393 e. The van der Waals surface area contributed by atoms with Gasteiger partial charge in [0.25, 0.3) is 5.91 Å². The number of imide groups is 1. The number of carbonyl (C=O) groups is 3. The van der Waals surface area contributed by atoms with Crippen LogP contribution in [0.25, 0.3) is 0 Å². The molecule has 3 aliphatic carbocycles. The summed E-state index contributed by atoms with van der Waals surface area (Å²) in [5.41, 5.74) is 2.58. The number of anilines is 1. The van der Waals surface area contributed by atoms with Gasteiger partial charge in [-0.1, -0.05) is 18.9 Å². The van der Waals surface area contributed by atoms with Gasteiger partial charge in [0.15, 0.2) is 0 Å². The Balaban J connectivity index is 1.16. The van der Waals surface area contributed by atoms with Crippen LogP contribution in [0.5, 0.6) is 0 Å². The molecule has 2 N–H and O–H groups in total. The molecule has 2 aliphatic heterocycles. The van der Waals surface area contributed by atoms with Gasteiger partial charge in [0, 0.05) is 54.5 Å². The number of benzene rings is 1. The molecule has 7 nitrogen and oxygen atoms in total. The molecular formula is C29H37F3N4O3. The third-order valence-corrected chi connectivity index (χ3v) is 9.62. The van der Waals surface area contributed by atoms with Crippen LogP contribution in [0.3, 0.4) is 0 Å². The fourth-order valence-electron chi connectivity index (χ4n) is 7.01. The van der Waals surface area contributed by atoms with E-state index in [4.69, 9.17) is 0 Å². The second-order valence-electron chi connectivity index (χ2n) is 12.1. The van der Waals surface area contributed by atoms with E-state index in [-0.39, 0.29) is 36.7 Å². The highest BCUT2D eigenvalue weighted by atomic mass is 19.4. The molecule has 6 rings (SSSR count). The zero-order valence-corrected chi connectivity index (χ0v) is 22.1. The number of amides is 3. The molecule has 0 radical (unpaired) electrons. The Hall–Kier alpha value is -2.62. The molecule has 1 unspecified atom stereocenters. The first kappa shape index (κ1) is 26.6. The second kappa shape index (κ2) is 10.4. The zero-order valence-electron chi connectivity index (χ0n) is 22.1. The molecule has 1 aromatic rings. The van der Waals surface area contributed by atoms with Crippen LogP contribution in [-0.2, 0) is 16.1 Å². The molecule has 4 fully saturated rings. The fraction of sp³-hybridized carbons (Fsp3) is 0.690. The van der Waals surface area contributed by atoms with E-state index < -0.39 is 30.1 Å². The van der Waals surface area contributed by atoms with Crippen molar-refractivity contribution in [1.82, 2.24) is 15.5 Å². The molecule has 39 heavy (non-hydrogen) atoms. The number of hydrogen-bond acceptors (Lipinski definition) is 5. The van der Waals surface area contributed by atoms with Crippen LogP contribution in [0.2, 0.25) is 0 Å². The number of fused-ring (bicyclic) bond motifs is 1. The number of hydrogen-bond donors (Lipinski definition) is 2. The van der Waals surface area contributed by atoms with Gasteiger partial charge in [-0.05, 0) is 69.4 Å². The lowest BCUT2D eigenvalue weighted by molar-refractivity contribution is -0.204. The Bertz CT molecular complexity index is 1130. The molecule has 3 amide bonds. The summed E-state index contributed by atoms with van der Waals surface area (Å²) in [5, 5.41) is 5.69. The van der Waals surface area contributed by atoms with Crippen molar-refractivity contribution in [3.05, 3.63) is 29.3 Å². The number of alkyl halides is 3. The third-order valence-electron chi connectivity index (χ3n) is 9.62. The predicted molar refractivity (Wildman–Crippen MR) is 139 cm³/mol. The van der Waals surface area contributed by atoms with E-state index >= 15 is 0 Å². The van der Waals surface area contributed by atoms with E-state index in [0.29, 0.717) is 24.9 Å². The number of rotatable bonds is 8. The van der Waals surface area contributed by atoms with Gasteiger partial charge < -0.3 is 15.1 Å². The van der Waals surface area contributed by atoms with Crippen LogP contribution < -0.4 is 15.5 Å². The molecule has 1 saturated heterocycles. The maximum Gasteiger partial charge on any atom is 0.393 e. The van der Waals surface area contributed by atoms with Crippen molar-refractivity contribution in [2.75, 3.05) is 11.4 Å². The Labute approximate surface area is 226 Å². The number of piperidine rings is 1. The minimum Gasteiger partial charge on any atom is -0.368 e. The van der Waals surface area contributed by atoms with Gasteiger partial charge in [-0.2, -0.15) is 13.2 Å².